The van der Waals surface area contributed by atoms with Crippen LogP contribution in [0.5, 0.6) is 0 Å². The summed E-state index contributed by atoms with van der Waals surface area (Å²) in [4.78, 5) is 11.3. The first-order chi connectivity index (χ1) is 8.69. The summed E-state index contributed by atoms with van der Waals surface area (Å²) in [5.41, 5.74) is 1.07. The zero-order chi connectivity index (χ0) is 13.4. The van der Waals surface area contributed by atoms with E-state index in [2.05, 4.69) is 13.5 Å². The zero-order valence-electron chi connectivity index (χ0n) is 11.0. The van der Waals surface area contributed by atoms with E-state index in [0.29, 0.717) is 0 Å². The second-order valence-corrected chi connectivity index (χ2v) is 4.55. The van der Waals surface area contributed by atoms with Crippen molar-refractivity contribution in [1.29, 1.82) is 0 Å². The highest BCUT2D eigenvalue weighted by Crippen LogP contribution is 2.14. The largest absolute Gasteiger partial charge is 0.289 e. The topological polar surface area (TPSA) is 17.1 Å². The van der Waals surface area contributed by atoms with Crippen LogP contribution in [0.4, 0.5) is 4.39 Å². The number of allylic oxidation sites excluding steroid dienone is 1. The molecule has 0 spiro atoms. The number of ketones is 1. The van der Waals surface area contributed by atoms with Crippen LogP contribution in [-0.4, -0.2) is 5.78 Å². The van der Waals surface area contributed by atoms with E-state index < -0.39 is 5.82 Å². The molecule has 1 aromatic carbocycles. The van der Waals surface area contributed by atoms with Gasteiger partial charge >= 0.3 is 0 Å². The van der Waals surface area contributed by atoms with Crippen LogP contribution in [0.1, 0.15) is 54.9 Å². The van der Waals surface area contributed by atoms with Crippen molar-refractivity contribution in [3.05, 3.63) is 47.8 Å². The quantitative estimate of drug-likeness (QED) is 0.370. The molecule has 0 aliphatic rings. The summed E-state index contributed by atoms with van der Waals surface area (Å²) in [6.45, 7) is 5.55. The van der Waals surface area contributed by atoms with Gasteiger partial charge in [-0.1, -0.05) is 45.3 Å². The molecule has 0 saturated carbocycles. The van der Waals surface area contributed by atoms with Crippen LogP contribution in [0.3, 0.4) is 0 Å². The van der Waals surface area contributed by atoms with E-state index in [-0.39, 0.29) is 11.3 Å². The molecule has 0 bridgehead atoms. The molecule has 0 aliphatic heterocycles. The van der Waals surface area contributed by atoms with Gasteiger partial charge in [0.15, 0.2) is 5.78 Å². The Morgan fingerprint density at radius 3 is 2.61 bits per heavy atom. The average molecular weight is 248 g/mol. The standard InChI is InChI=1S/C16H21FO/c1-3-5-6-7-8-9-13-10-11-14(15(17)12-13)16(18)4-2/h4,10-12H,2-3,5-9H2,1H3. The number of benzene rings is 1. The van der Waals surface area contributed by atoms with Gasteiger partial charge in [-0.15, -0.1) is 0 Å². The number of halogens is 1. The summed E-state index contributed by atoms with van der Waals surface area (Å²) in [6, 6.07) is 4.86. The van der Waals surface area contributed by atoms with Gasteiger partial charge in [0.05, 0.1) is 5.56 Å². The van der Waals surface area contributed by atoms with Crippen molar-refractivity contribution in [2.45, 2.75) is 45.4 Å². The molecule has 0 aliphatic carbocycles. The van der Waals surface area contributed by atoms with Gasteiger partial charge in [0, 0.05) is 0 Å². The lowest BCUT2D eigenvalue weighted by molar-refractivity contribution is 0.104. The van der Waals surface area contributed by atoms with E-state index in [1.54, 1.807) is 6.07 Å². The van der Waals surface area contributed by atoms with E-state index >= 15 is 0 Å². The molecule has 2 heteroatoms. The Balaban J connectivity index is 2.51. The van der Waals surface area contributed by atoms with E-state index in [1.165, 1.54) is 31.7 Å². The third-order valence-corrected chi connectivity index (χ3v) is 3.05. The van der Waals surface area contributed by atoms with E-state index in [9.17, 15) is 9.18 Å². The van der Waals surface area contributed by atoms with E-state index in [4.69, 9.17) is 0 Å². The normalized spacial score (nSPS) is 10.3. The predicted molar refractivity (Wildman–Crippen MR) is 73.4 cm³/mol. The number of unbranched alkanes of at least 4 members (excludes halogenated alkanes) is 4. The molecule has 0 atom stereocenters. The maximum absolute atomic E-state index is 13.6. The lowest BCUT2D eigenvalue weighted by Gasteiger charge is -2.04. The van der Waals surface area contributed by atoms with Crippen LogP contribution >= 0.6 is 0 Å². The number of hydrogen-bond acceptors (Lipinski definition) is 1. The predicted octanol–water partition coefficient (Wildman–Crippen LogP) is 4.71. The molecule has 0 aromatic heterocycles. The van der Waals surface area contributed by atoms with Crippen LogP contribution in [0, 0.1) is 5.82 Å². The van der Waals surface area contributed by atoms with Crippen molar-refractivity contribution in [3.63, 3.8) is 0 Å². The maximum atomic E-state index is 13.6. The summed E-state index contributed by atoms with van der Waals surface area (Å²) < 4.78 is 13.6. The summed E-state index contributed by atoms with van der Waals surface area (Å²) in [5, 5.41) is 0. The fraction of sp³-hybridized carbons (Fsp3) is 0.438. The Bertz CT molecular complexity index is 410. The van der Waals surface area contributed by atoms with Gasteiger partial charge in [-0.2, -0.15) is 0 Å². The van der Waals surface area contributed by atoms with Crippen LogP contribution < -0.4 is 0 Å². The average Bonchev–Trinajstić information content (AvgIpc) is 2.38. The maximum Gasteiger partial charge on any atom is 0.188 e. The molecule has 0 saturated heterocycles. The van der Waals surface area contributed by atoms with Crippen LogP contribution in [-0.2, 0) is 6.42 Å². The van der Waals surface area contributed by atoms with Gasteiger partial charge in [-0.25, -0.2) is 4.39 Å². The molecule has 1 nitrogen and oxygen atoms in total. The van der Waals surface area contributed by atoms with Gasteiger partial charge in [0.1, 0.15) is 5.82 Å². The van der Waals surface area contributed by atoms with Crippen LogP contribution in [0.15, 0.2) is 30.9 Å². The highest BCUT2D eigenvalue weighted by molar-refractivity contribution is 6.04. The van der Waals surface area contributed by atoms with Gasteiger partial charge in [0.2, 0.25) is 0 Å². The minimum Gasteiger partial charge on any atom is -0.289 e. The number of carbonyl (C=O) groups excluding carboxylic acids is 1. The second kappa shape index (κ2) is 7.80. The zero-order valence-corrected chi connectivity index (χ0v) is 11.0. The van der Waals surface area contributed by atoms with Crippen LogP contribution in [0.2, 0.25) is 0 Å². The first-order valence-electron chi connectivity index (χ1n) is 6.64. The van der Waals surface area contributed by atoms with E-state index in [0.717, 1.165) is 24.5 Å². The Morgan fingerprint density at radius 2 is 2.00 bits per heavy atom. The molecular formula is C16H21FO. The van der Waals surface area contributed by atoms with Crippen molar-refractivity contribution in [2.24, 2.45) is 0 Å². The summed E-state index contributed by atoms with van der Waals surface area (Å²) in [5.74, 6) is -0.798. The highest BCUT2D eigenvalue weighted by Gasteiger charge is 2.08. The SMILES string of the molecule is C=CC(=O)c1ccc(CCCCCCC)cc1F. The molecule has 1 rings (SSSR count). The third-order valence-electron chi connectivity index (χ3n) is 3.05. The van der Waals surface area contributed by atoms with Gasteiger partial charge < -0.3 is 0 Å². The molecule has 0 radical (unpaired) electrons. The Hall–Kier alpha value is -1.44. The number of rotatable bonds is 8. The Labute approximate surface area is 109 Å². The minimum absolute atomic E-state index is 0.111. The minimum atomic E-state index is -0.439. The molecule has 1 aromatic rings. The number of aryl methyl sites for hydroxylation is 1. The molecule has 18 heavy (non-hydrogen) atoms. The molecular weight excluding hydrogens is 227 g/mol. The van der Waals surface area contributed by atoms with Gasteiger partial charge in [-0.3, -0.25) is 4.79 Å². The molecule has 0 unspecified atom stereocenters. The van der Waals surface area contributed by atoms with Crippen LogP contribution in [0.25, 0.3) is 0 Å². The summed E-state index contributed by atoms with van der Waals surface area (Å²) >= 11 is 0. The fourth-order valence-corrected chi connectivity index (χ4v) is 1.96. The van der Waals surface area contributed by atoms with Gasteiger partial charge in [0.25, 0.3) is 0 Å². The van der Waals surface area contributed by atoms with Crippen molar-refractivity contribution in [1.82, 2.24) is 0 Å². The first-order valence-corrected chi connectivity index (χ1v) is 6.64. The number of hydrogen-bond donors (Lipinski definition) is 0. The van der Waals surface area contributed by atoms with Gasteiger partial charge in [-0.05, 0) is 36.6 Å². The van der Waals surface area contributed by atoms with E-state index in [1.807, 2.05) is 6.07 Å². The van der Waals surface area contributed by atoms with Crippen molar-refractivity contribution < 1.29 is 9.18 Å². The number of carbonyl (C=O) groups is 1. The second-order valence-electron chi connectivity index (χ2n) is 4.55. The molecule has 0 fully saturated rings. The van der Waals surface area contributed by atoms with Crippen molar-refractivity contribution >= 4 is 5.78 Å². The lowest BCUT2D eigenvalue weighted by atomic mass is 10.0. The molecule has 0 amide bonds. The Morgan fingerprint density at radius 1 is 1.28 bits per heavy atom. The van der Waals surface area contributed by atoms with Crippen molar-refractivity contribution in [3.8, 4) is 0 Å². The highest BCUT2D eigenvalue weighted by atomic mass is 19.1. The smallest absolute Gasteiger partial charge is 0.188 e. The monoisotopic (exact) mass is 248 g/mol. The third kappa shape index (κ3) is 4.44. The molecule has 0 N–H and O–H groups in total. The Kier molecular flexibility index (Phi) is 6.34. The lowest BCUT2D eigenvalue weighted by Crippen LogP contribution is -1.99. The summed E-state index contributed by atoms with van der Waals surface area (Å²) in [7, 11) is 0. The molecule has 0 heterocycles. The fourth-order valence-electron chi connectivity index (χ4n) is 1.96. The first kappa shape index (κ1) is 14.6. The summed E-state index contributed by atoms with van der Waals surface area (Å²) in [6.07, 6.45) is 8.02. The van der Waals surface area contributed by atoms with Crippen molar-refractivity contribution in [2.75, 3.05) is 0 Å². The molecule has 98 valence electrons.